The molecule has 0 bridgehead atoms. The van der Waals surface area contributed by atoms with Crippen LogP contribution in [-0.2, 0) is 7.05 Å². The number of hydrogen-bond acceptors (Lipinski definition) is 5. The molecular weight excluding hydrogens is 250 g/mol. The first-order chi connectivity index (χ1) is 8.47. The molecule has 94 valence electrons. The zero-order chi connectivity index (χ0) is 13.3. The molecule has 0 saturated heterocycles. The van der Waals surface area contributed by atoms with Gasteiger partial charge in [0.2, 0.25) is 0 Å². The highest BCUT2D eigenvalue weighted by atomic mass is 32.1. The zero-order valence-corrected chi connectivity index (χ0v) is 11.2. The Kier molecular flexibility index (Phi) is 3.38. The quantitative estimate of drug-likeness (QED) is 0.624. The van der Waals surface area contributed by atoms with E-state index in [4.69, 9.17) is 0 Å². The summed E-state index contributed by atoms with van der Waals surface area (Å²) in [4.78, 5) is 28.6. The molecule has 0 fully saturated rings. The van der Waals surface area contributed by atoms with Crippen molar-refractivity contribution in [3.63, 3.8) is 0 Å². The van der Waals surface area contributed by atoms with Gasteiger partial charge in [-0.2, -0.15) is 5.10 Å². The second kappa shape index (κ2) is 4.81. The van der Waals surface area contributed by atoms with Crippen molar-refractivity contribution >= 4 is 22.9 Å². The summed E-state index contributed by atoms with van der Waals surface area (Å²) in [5, 5.41) is 4.75. The van der Waals surface area contributed by atoms with E-state index < -0.39 is 0 Å². The van der Waals surface area contributed by atoms with Gasteiger partial charge in [0.05, 0.1) is 33.8 Å². The molecule has 0 amide bonds. The Balaban J connectivity index is 2.13. The maximum absolute atomic E-state index is 12.0. The SMILES string of the molecule is Cc1nc(C)c(C(=O)CC(=O)c2cnn(C)c2)s1. The van der Waals surface area contributed by atoms with Crippen LogP contribution in [0.4, 0.5) is 0 Å². The lowest BCUT2D eigenvalue weighted by molar-refractivity contribution is 0.0896. The zero-order valence-electron chi connectivity index (χ0n) is 10.4. The van der Waals surface area contributed by atoms with Crippen molar-refractivity contribution in [3.8, 4) is 0 Å². The predicted molar refractivity (Wildman–Crippen MR) is 68.1 cm³/mol. The second-order valence-corrected chi connectivity index (χ2v) is 5.28. The topological polar surface area (TPSA) is 64.8 Å². The van der Waals surface area contributed by atoms with Gasteiger partial charge >= 0.3 is 0 Å². The fourth-order valence-electron chi connectivity index (χ4n) is 1.68. The third kappa shape index (κ3) is 2.53. The van der Waals surface area contributed by atoms with Gasteiger partial charge < -0.3 is 0 Å². The number of hydrogen-bond donors (Lipinski definition) is 0. The molecule has 0 unspecified atom stereocenters. The highest BCUT2D eigenvalue weighted by molar-refractivity contribution is 7.13. The molecule has 5 nitrogen and oxygen atoms in total. The minimum atomic E-state index is -0.210. The van der Waals surface area contributed by atoms with E-state index in [-0.39, 0.29) is 18.0 Å². The largest absolute Gasteiger partial charge is 0.294 e. The van der Waals surface area contributed by atoms with E-state index >= 15 is 0 Å². The summed E-state index contributed by atoms with van der Waals surface area (Å²) in [5.41, 5.74) is 1.16. The van der Waals surface area contributed by atoms with Crippen molar-refractivity contribution < 1.29 is 9.59 Å². The van der Waals surface area contributed by atoms with E-state index in [1.807, 2.05) is 6.92 Å². The monoisotopic (exact) mass is 263 g/mol. The average Bonchev–Trinajstić information content (AvgIpc) is 2.84. The minimum absolute atomic E-state index is 0.131. The molecule has 2 heterocycles. The molecule has 2 aromatic rings. The van der Waals surface area contributed by atoms with E-state index in [0.29, 0.717) is 16.1 Å². The van der Waals surface area contributed by atoms with Crippen LogP contribution >= 0.6 is 11.3 Å². The third-order valence-corrected chi connectivity index (χ3v) is 3.62. The average molecular weight is 263 g/mol. The minimum Gasteiger partial charge on any atom is -0.294 e. The van der Waals surface area contributed by atoms with Crippen LogP contribution in [0, 0.1) is 13.8 Å². The normalized spacial score (nSPS) is 10.6. The van der Waals surface area contributed by atoms with Gasteiger partial charge in [-0.15, -0.1) is 11.3 Å². The van der Waals surface area contributed by atoms with Gasteiger partial charge in [0.1, 0.15) is 0 Å². The summed E-state index contributed by atoms with van der Waals surface area (Å²) in [6, 6.07) is 0. The summed E-state index contributed by atoms with van der Waals surface area (Å²) in [6.45, 7) is 3.63. The molecular formula is C12H13N3O2S. The lowest BCUT2D eigenvalue weighted by Crippen LogP contribution is -2.07. The number of carbonyl (C=O) groups is 2. The standard InChI is InChI=1S/C12H13N3O2S/c1-7-12(18-8(2)14-7)11(17)4-10(16)9-5-13-15(3)6-9/h5-6H,4H2,1-3H3. The molecule has 2 rings (SSSR count). The summed E-state index contributed by atoms with van der Waals surface area (Å²) in [7, 11) is 1.73. The van der Waals surface area contributed by atoms with Gasteiger partial charge in [-0.25, -0.2) is 4.98 Å². The second-order valence-electron chi connectivity index (χ2n) is 4.07. The van der Waals surface area contributed by atoms with Crippen molar-refractivity contribution in [2.45, 2.75) is 20.3 Å². The fourth-order valence-corrected chi connectivity index (χ4v) is 2.54. The molecule has 0 aromatic carbocycles. The Morgan fingerprint density at radius 2 is 2.06 bits per heavy atom. The summed E-state index contributed by atoms with van der Waals surface area (Å²) >= 11 is 1.33. The first-order valence-electron chi connectivity index (χ1n) is 5.46. The van der Waals surface area contributed by atoms with Crippen molar-refractivity contribution in [1.82, 2.24) is 14.8 Å². The van der Waals surface area contributed by atoms with Crippen LogP contribution in [0.15, 0.2) is 12.4 Å². The number of ketones is 2. The smallest absolute Gasteiger partial charge is 0.182 e. The molecule has 0 aliphatic carbocycles. The van der Waals surface area contributed by atoms with E-state index in [9.17, 15) is 9.59 Å². The van der Waals surface area contributed by atoms with Crippen molar-refractivity contribution in [2.75, 3.05) is 0 Å². The lowest BCUT2D eigenvalue weighted by Gasteiger charge is -1.96. The van der Waals surface area contributed by atoms with Gasteiger partial charge in [0.25, 0.3) is 0 Å². The maximum atomic E-state index is 12.0. The number of thiazole rings is 1. The van der Waals surface area contributed by atoms with Crippen molar-refractivity contribution in [3.05, 3.63) is 33.5 Å². The Labute approximate surface area is 108 Å². The van der Waals surface area contributed by atoms with Gasteiger partial charge in [-0.3, -0.25) is 14.3 Å². The Bertz CT molecular complexity index is 613. The molecule has 18 heavy (non-hydrogen) atoms. The van der Waals surface area contributed by atoms with Crippen molar-refractivity contribution in [1.29, 1.82) is 0 Å². The fraction of sp³-hybridized carbons (Fsp3) is 0.333. The Morgan fingerprint density at radius 1 is 1.33 bits per heavy atom. The van der Waals surface area contributed by atoms with Gasteiger partial charge in [0.15, 0.2) is 11.6 Å². The molecule has 0 N–H and O–H groups in total. The van der Waals surface area contributed by atoms with Crippen LogP contribution in [0.5, 0.6) is 0 Å². The highest BCUT2D eigenvalue weighted by Crippen LogP contribution is 2.19. The van der Waals surface area contributed by atoms with Crippen molar-refractivity contribution in [2.24, 2.45) is 7.05 Å². The van der Waals surface area contributed by atoms with Crippen LogP contribution < -0.4 is 0 Å². The van der Waals surface area contributed by atoms with E-state index in [2.05, 4.69) is 10.1 Å². The molecule has 0 aliphatic rings. The number of nitrogens with zero attached hydrogens (tertiary/aromatic N) is 3. The summed E-state index contributed by atoms with van der Waals surface area (Å²) in [6.07, 6.45) is 2.95. The third-order valence-electron chi connectivity index (χ3n) is 2.50. The van der Waals surface area contributed by atoms with Gasteiger partial charge in [-0.1, -0.05) is 0 Å². The number of carbonyl (C=O) groups excluding carboxylic acids is 2. The predicted octanol–water partition coefficient (Wildman–Crippen LogP) is 1.95. The number of Topliss-reactive ketones (excluding diaryl/α,β-unsaturated/α-hetero) is 2. The first-order valence-corrected chi connectivity index (χ1v) is 6.28. The van der Waals surface area contributed by atoms with Crippen LogP contribution in [0.3, 0.4) is 0 Å². The number of aryl methyl sites for hydroxylation is 3. The van der Waals surface area contributed by atoms with E-state index in [1.165, 1.54) is 17.5 Å². The summed E-state index contributed by atoms with van der Waals surface area (Å²) in [5.74, 6) is -0.384. The molecule has 0 saturated carbocycles. The van der Waals surface area contributed by atoms with Gasteiger partial charge in [-0.05, 0) is 13.8 Å². The highest BCUT2D eigenvalue weighted by Gasteiger charge is 2.19. The van der Waals surface area contributed by atoms with E-state index in [0.717, 1.165) is 5.01 Å². The Morgan fingerprint density at radius 3 is 2.56 bits per heavy atom. The van der Waals surface area contributed by atoms with Gasteiger partial charge in [0, 0.05) is 13.2 Å². The maximum Gasteiger partial charge on any atom is 0.182 e. The van der Waals surface area contributed by atoms with Crippen LogP contribution in [0.2, 0.25) is 0 Å². The van der Waals surface area contributed by atoms with Crippen LogP contribution in [0.1, 0.15) is 37.2 Å². The van der Waals surface area contributed by atoms with Crippen LogP contribution in [-0.4, -0.2) is 26.3 Å². The number of rotatable bonds is 4. The lowest BCUT2D eigenvalue weighted by atomic mass is 10.1. The first kappa shape index (κ1) is 12.6. The molecule has 6 heteroatoms. The molecule has 2 aromatic heterocycles. The molecule has 0 atom stereocenters. The Hall–Kier alpha value is -1.82. The summed E-state index contributed by atoms with van der Waals surface area (Å²) < 4.78 is 1.54. The molecule has 0 aliphatic heterocycles. The molecule has 0 spiro atoms. The number of aromatic nitrogens is 3. The van der Waals surface area contributed by atoms with Crippen LogP contribution in [0.25, 0.3) is 0 Å². The molecule has 0 radical (unpaired) electrons. The van der Waals surface area contributed by atoms with E-state index in [1.54, 1.807) is 24.9 Å².